The van der Waals surface area contributed by atoms with Crippen LogP contribution in [0.25, 0.3) is 0 Å². The summed E-state index contributed by atoms with van der Waals surface area (Å²) in [4.78, 5) is 36.5. The monoisotopic (exact) mass is 356 g/mol. The summed E-state index contributed by atoms with van der Waals surface area (Å²) in [5, 5.41) is 16.4. The van der Waals surface area contributed by atoms with Crippen LogP contribution in [0.1, 0.15) is 27.6 Å². The molecule has 0 saturated carbocycles. The molecule has 26 heavy (non-hydrogen) atoms. The molecule has 2 rings (SSSR count). The van der Waals surface area contributed by atoms with Gasteiger partial charge in [0.05, 0.1) is 10.5 Å². The number of hydrogen-bond donors (Lipinski definition) is 2. The number of nitrogens with zero attached hydrogens (tertiary/aromatic N) is 2. The topological polar surface area (TPSA) is 105 Å². The van der Waals surface area contributed by atoms with Crippen LogP contribution in [-0.2, 0) is 0 Å². The fourth-order valence-corrected chi connectivity index (χ4v) is 2.38. The maximum atomic E-state index is 12.6. The molecule has 2 amide bonds. The van der Waals surface area contributed by atoms with E-state index in [-0.39, 0.29) is 17.2 Å². The average Bonchev–Trinajstić information content (AvgIpc) is 2.61. The minimum Gasteiger partial charge on any atom is -0.377 e. The number of nitro groups is 1. The lowest BCUT2D eigenvalue weighted by Crippen LogP contribution is -2.22. The Morgan fingerprint density at radius 3 is 2.27 bits per heavy atom. The van der Waals surface area contributed by atoms with Gasteiger partial charge in [0, 0.05) is 49.7 Å². The van der Waals surface area contributed by atoms with E-state index in [1.165, 1.54) is 18.2 Å². The van der Waals surface area contributed by atoms with Crippen LogP contribution >= 0.6 is 0 Å². The molecule has 8 nitrogen and oxygen atoms in total. The predicted octanol–water partition coefficient (Wildman–Crippen LogP) is 2.66. The average molecular weight is 356 g/mol. The molecule has 2 N–H and O–H groups in total. The Hall–Kier alpha value is -3.42. The van der Waals surface area contributed by atoms with Gasteiger partial charge in [-0.05, 0) is 37.3 Å². The Morgan fingerprint density at radius 2 is 1.73 bits per heavy atom. The molecular weight excluding hydrogens is 336 g/mol. The van der Waals surface area contributed by atoms with Crippen LogP contribution in [0.15, 0.2) is 42.5 Å². The van der Waals surface area contributed by atoms with E-state index in [0.29, 0.717) is 23.5 Å². The van der Waals surface area contributed by atoms with Gasteiger partial charge in [-0.3, -0.25) is 19.7 Å². The highest BCUT2D eigenvalue weighted by atomic mass is 16.6. The molecule has 0 saturated heterocycles. The van der Waals surface area contributed by atoms with E-state index >= 15 is 0 Å². The molecule has 2 aromatic carbocycles. The molecule has 136 valence electrons. The zero-order chi connectivity index (χ0) is 19.3. The minimum absolute atomic E-state index is 0.160. The van der Waals surface area contributed by atoms with Crippen LogP contribution in [0.2, 0.25) is 0 Å². The first-order valence-electron chi connectivity index (χ1n) is 7.99. The Bertz CT molecular complexity index is 832. The third kappa shape index (κ3) is 4.35. The molecule has 0 aliphatic heterocycles. The first-order chi connectivity index (χ1) is 12.3. The van der Waals surface area contributed by atoms with E-state index in [2.05, 4.69) is 10.6 Å². The summed E-state index contributed by atoms with van der Waals surface area (Å²) in [6.45, 7) is 2.35. The molecule has 0 bridgehead atoms. The summed E-state index contributed by atoms with van der Waals surface area (Å²) < 4.78 is 0. The maximum absolute atomic E-state index is 12.6. The Morgan fingerprint density at radius 1 is 1.08 bits per heavy atom. The number of carbonyl (C=O) groups is 2. The van der Waals surface area contributed by atoms with Gasteiger partial charge in [-0.15, -0.1) is 0 Å². The normalized spacial score (nSPS) is 10.1. The summed E-state index contributed by atoms with van der Waals surface area (Å²) in [7, 11) is 3.50. The molecule has 0 aromatic heterocycles. The molecular formula is C18H20N4O4. The van der Waals surface area contributed by atoms with Gasteiger partial charge in [-0.25, -0.2) is 0 Å². The van der Waals surface area contributed by atoms with Gasteiger partial charge in [0.1, 0.15) is 0 Å². The number of non-ortho nitro benzene ring substituents is 1. The third-order valence-electron chi connectivity index (χ3n) is 3.66. The molecule has 0 radical (unpaired) electrons. The highest BCUT2D eigenvalue weighted by molar-refractivity contribution is 6.08. The summed E-state index contributed by atoms with van der Waals surface area (Å²) >= 11 is 0. The van der Waals surface area contributed by atoms with Gasteiger partial charge in [-0.1, -0.05) is 0 Å². The summed E-state index contributed by atoms with van der Waals surface area (Å²) in [5.74, 6) is -0.665. The van der Waals surface area contributed by atoms with E-state index in [4.69, 9.17) is 0 Å². The number of nitrogens with one attached hydrogen (secondary N) is 2. The highest BCUT2D eigenvalue weighted by Crippen LogP contribution is 2.25. The van der Waals surface area contributed by atoms with Crippen molar-refractivity contribution in [1.82, 2.24) is 5.32 Å². The van der Waals surface area contributed by atoms with Crippen LogP contribution < -0.4 is 15.5 Å². The fourth-order valence-electron chi connectivity index (χ4n) is 2.38. The van der Waals surface area contributed by atoms with Crippen LogP contribution in [0.5, 0.6) is 0 Å². The summed E-state index contributed by atoms with van der Waals surface area (Å²) in [6.07, 6.45) is 0. The number of benzene rings is 2. The number of rotatable bonds is 6. The van der Waals surface area contributed by atoms with Gasteiger partial charge >= 0.3 is 0 Å². The SMILES string of the molecule is CCNC(=O)c1ccc(NC(=O)c2cc([N+](=O)[O-])ccc2N(C)C)cc1. The van der Waals surface area contributed by atoms with E-state index in [0.717, 1.165) is 0 Å². The van der Waals surface area contributed by atoms with Gasteiger partial charge in [0.15, 0.2) is 0 Å². The predicted molar refractivity (Wildman–Crippen MR) is 99.8 cm³/mol. The second-order valence-electron chi connectivity index (χ2n) is 5.74. The van der Waals surface area contributed by atoms with Crippen molar-refractivity contribution in [1.29, 1.82) is 0 Å². The van der Waals surface area contributed by atoms with Crippen molar-refractivity contribution in [2.45, 2.75) is 6.92 Å². The fraction of sp³-hybridized carbons (Fsp3) is 0.222. The van der Waals surface area contributed by atoms with E-state index in [9.17, 15) is 19.7 Å². The number of hydrogen-bond acceptors (Lipinski definition) is 5. The molecule has 0 spiro atoms. The quantitative estimate of drug-likeness (QED) is 0.611. The van der Waals surface area contributed by atoms with Crippen molar-refractivity contribution >= 4 is 28.9 Å². The first kappa shape index (κ1) is 18.9. The van der Waals surface area contributed by atoms with Crippen molar-refractivity contribution in [2.75, 3.05) is 30.9 Å². The second-order valence-corrected chi connectivity index (χ2v) is 5.74. The van der Waals surface area contributed by atoms with Crippen LogP contribution in [-0.4, -0.2) is 37.4 Å². The van der Waals surface area contributed by atoms with Gasteiger partial charge in [0.25, 0.3) is 17.5 Å². The largest absolute Gasteiger partial charge is 0.377 e. The van der Waals surface area contributed by atoms with Crippen molar-refractivity contribution < 1.29 is 14.5 Å². The number of nitro benzene ring substituents is 1. The molecule has 8 heteroatoms. The molecule has 0 heterocycles. The minimum atomic E-state index is -0.544. The lowest BCUT2D eigenvalue weighted by atomic mass is 10.1. The van der Waals surface area contributed by atoms with Crippen molar-refractivity contribution in [3.8, 4) is 0 Å². The lowest BCUT2D eigenvalue weighted by molar-refractivity contribution is -0.384. The Kier molecular flexibility index (Phi) is 5.90. The second kappa shape index (κ2) is 8.11. The Balaban J connectivity index is 2.25. The number of amides is 2. The zero-order valence-corrected chi connectivity index (χ0v) is 14.8. The highest BCUT2D eigenvalue weighted by Gasteiger charge is 2.18. The third-order valence-corrected chi connectivity index (χ3v) is 3.66. The van der Waals surface area contributed by atoms with Crippen LogP contribution in [0.3, 0.4) is 0 Å². The van der Waals surface area contributed by atoms with Crippen molar-refractivity contribution in [2.24, 2.45) is 0 Å². The number of carbonyl (C=O) groups excluding carboxylic acids is 2. The summed E-state index contributed by atoms with van der Waals surface area (Å²) in [5.41, 5.74) is 1.56. The number of anilines is 2. The summed E-state index contributed by atoms with van der Waals surface area (Å²) in [6, 6.07) is 10.5. The molecule has 0 atom stereocenters. The van der Waals surface area contributed by atoms with E-state index in [1.807, 2.05) is 6.92 Å². The molecule has 0 unspecified atom stereocenters. The van der Waals surface area contributed by atoms with E-state index < -0.39 is 10.8 Å². The van der Waals surface area contributed by atoms with Crippen LogP contribution in [0.4, 0.5) is 17.1 Å². The maximum Gasteiger partial charge on any atom is 0.270 e. The van der Waals surface area contributed by atoms with E-state index in [1.54, 1.807) is 43.3 Å². The molecule has 0 aliphatic rings. The van der Waals surface area contributed by atoms with Gasteiger partial charge < -0.3 is 15.5 Å². The van der Waals surface area contributed by atoms with Crippen molar-refractivity contribution in [3.63, 3.8) is 0 Å². The van der Waals surface area contributed by atoms with Crippen molar-refractivity contribution in [3.05, 3.63) is 63.7 Å². The lowest BCUT2D eigenvalue weighted by Gasteiger charge is -2.17. The molecule has 0 aliphatic carbocycles. The van der Waals surface area contributed by atoms with Gasteiger partial charge in [0.2, 0.25) is 0 Å². The first-order valence-corrected chi connectivity index (χ1v) is 7.99. The Labute approximate surface area is 151 Å². The van der Waals surface area contributed by atoms with Gasteiger partial charge in [-0.2, -0.15) is 0 Å². The smallest absolute Gasteiger partial charge is 0.270 e. The van der Waals surface area contributed by atoms with Crippen LogP contribution in [0, 0.1) is 10.1 Å². The molecule has 2 aromatic rings. The standard InChI is InChI=1S/C18H20N4O4/c1-4-19-17(23)12-5-7-13(8-6-12)20-18(24)15-11-14(22(25)26)9-10-16(15)21(2)3/h5-11H,4H2,1-3H3,(H,19,23)(H,20,24). The zero-order valence-electron chi connectivity index (χ0n) is 14.8. The molecule has 0 fully saturated rings.